The predicted molar refractivity (Wildman–Crippen MR) is 52.9 cm³/mol. The van der Waals surface area contributed by atoms with Crippen LogP contribution < -0.4 is 0 Å². The molecule has 0 unspecified atom stereocenters. The number of carbonyl (C=O) groups is 1. The fourth-order valence-electron chi connectivity index (χ4n) is 0.970. The van der Waals surface area contributed by atoms with Crippen LogP contribution in [0.25, 0.3) is 10.4 Å². The molecule has 1 rings (SSSR count). The number of benzene rings is 1. The molecule has 0 N–H and O–H groups in total. The fourth-order valence-corrected chi connectivity index (χ4v) is 0.970. The Bertz CT molecular complexity index is 354. The standard InChI is InChI=1S/C8H8BN3O/c9-5-8(13)6-1-3-7(4-2-6)11-12-10/h1-4H,5,9H2. The van der Waals surface area contributed by atoms with Gasteiger partial charge in [0, 0.05) is 16.2 Å². The van der Waals surface area contributed by atoms with Crippen LogP contribution in [-0.2, 0) is 0 Å². The molecule has 4 nitrogen and oxygen atoms in total. The molecule has 0 bridgehead atoms. The maximum absolute atomic E-state index is 11.2. The zero-order valence-corrected chi connectivity index (χ0v) is 7.27. The Hall–Kier alpha value is -1.74. The van der Waals surface area contributed by atoms with E-state index in [2.05, 4.69) is 10.0 Å². The lowest BCUT2D eigenvalue weighted by atomic mass is 9.96. The molecule has 0 aromatic heterocycles. The van der Waals surface area contributed by atoms with E-state index >= 15 is 0 Å². The van der Waals surface area contributed by atoms with Crippen molar-refractivity contribution in [1.29, 1.82) is 0 Å². The Kier molecular flexibility index (Phi) is 3.12. The van der Waals surface area contributed by atoms with Crippen molar-refractivity contribution in [2.75, 3.05) is 0 Å². The molecule has 0 saturated carbocycles. The van der Waals surface area contributed by atoms with Crippen molar-refractivity contribution in [3.63, 3.8) is 0 Å². The SMILES string of the molecule is BCC(=O)c1ccc(N=[N+]=[N-])cc1. The summed E-state index contributed by atoms with van der Waals surface area (Å²) >= 11 is 0. The highest BCUT2D eigenvalue weighted by molar-refractivity contribution is 6.24. The van der Waals surface area contributed by atoms with Crippen molar-refractivity contribution < 1.29 is 4.79 Å². The summed E-state index contributed by atoms with van der Waals surface area (Å²) in [4.78, 5) is 13.8. The van der Waals surface area contributed by atoms with E-state index in [1.807, 2.05) is 7.85 Å². The first-order valence-corrected chi connectivity index (χ1v) is 3.96. The summed E-state index contributed by atoms with van der Waals surface area (Å²) in [7, 11) is 1.81. The summed E-state index contributed by atoms with van der Waals surface area (Å²) in [6.45, 7) is 0. The van der Waals surface area contributed by atoms with Gasteiger partial charge in [-0.15, -0.1) is 0 Å². The average molecular weight is 173 g/mol. The Morgan fingerprint density at radius 1 is 1.46 bits per heavy atom. The first kappa shape index (κ1) is 9.35. The number of hydrogen-bond donors (Lipinski definition) is 0. The molecular formula is C8H8BN3O. The van der Waals surface area contributed by atoms with E-state index in [0.29, 0.717) is 17.6 Å². The highest BCUT2D eigenvalue weighted by atomic mass is 16.1. The molecule has 0 fully saturated rings. The van der Waals surface area contributed by atoms with Crippen LogP contribution in [-0.4, -0.2) is 13.6 Å². The van der Waals surface area contributed by atoms with Crippen LogP contribution in [0.5, 0.6) is 0 Å². The summed E-state index contributed by atoms with van der Waals surface area (Å²) in [5.41, 5.74) is 9.31. The van der Waals surface area contributed by atoms with Gasteiger partial charge in [0.1, 0.15) is 7.85 Å². The average Bonchev–Trinajstić information content (AvgIpc) is 2.18. The molecule has 0 aliphatic carbocycles. The van der Waals surface area contributed by atoms with Crippen molar-refractivity contribution in [3.8, 4) is 0 Å². The van der Waals surface area contributed by atoms with Crippen LogP contribution in [0.3, 0.4) is 0 Å². The minimum atomic E-state index is 0.0903. The molecule has 0 amide bonds. The van der Waals surface area contributed by atoms with E-state index in [1.165, 1.54) is 0 Å². The number of Topliss-reactive ketones (excluding diaryl/α,β-unsaturated/α-hetero) is 1. The van der Waals surface area contributed by atoms with Crippen LogP contribution in [0.1, 0.15) is 10.4 Å². The molecule has 0 heterocycles. The second-order valence-corrected chi connectivity index (χ2v) is 2.51. The summed E-state index contributed by atoms with van der Waals surface area (Å²) < 4.78 is 0. The molecule has 0 saturated heterocycles. The lowest BCUT2D eigenvalue weighted by molar-refractivity contribution is 0.101. The highest BCUT2D eigenvalue weighted by Crippen LogP contribution is 2.13. The lowest BCUT2D eigenvalue weighted by Gasteiger charge is -1.96. The van der Waals surface area contributed by atoms with Crippen molar-refractivity contribution in [2.45, 2.75) is 6.32 Å². The first-order chi connectivity index (χ1) is 6.27. The molecule has 0 spiro atoms. The van der Waals surface area contributed by atoms with Crippen LogP contribution in [0.15, 0.2) is 29.4 Å². The second kappa shape index (κ2) is 4.33. The molecule has 0 aliphatic rings. The predicted octanol–water partition coefficient (Wildman–Crippen LogP) is 1.86. The van der Waals surface area contributed by atoms with Gasteiger partial charge < -0.3 is 0 Å². The van der Waals surface area contributed by atoms with E-state index in [4.69, 9.17) is 5.53 Å². The van der Waals surface area contributed by atoms with Crippen LogP contribution in [0.2, 0.25) is 6.32 Å². The molecular weight excluding hydrogens is 165 g/mol. The van der Waals surface area contributed by atoms with Crippen LogP contribution >= 0.6 is 0 Å². The molecule has 64 valence electrons. The van der Waals surface area contributed by atoms with E-state index in [9.17, 15) is 4.79 Å². The van der Waals surface area contributed by atoms with Crippen molar-refractivity contribution in [2.24, 2.45) is 5.11 Å². The molecule has 0 radical (unpaired) electrons. The molecule has 0 atom stereocenters. The summed E-state index contributed by atoms with van der Waals surface area (Å²) in [5.74, 6) is 0.0903. The summed E-state index contributed by atoms with van der Waals surface area (Å²) in [5, 5.41) is 3.40. The smallest absolute Gasteiger partial charge is 0.155 e. The summed E-state index contributed by atoms with van der Waals surface area (Å²) in [6, 6.07) is 6.58. The third-order valence-corrected chi connectivity index (χ3v) is 1.67. The van der Waals surface area contributed by atoms with Gasteiger partial charge in [0.2, 0.25) is 0 Å². The number of hydrogen-bond acceptors (Lipinski definition) is 2. The van der Waals surface area contributed by atoms with E-state index in [1.54, 1.807) is 24.3 Å². The number of rotatable bonds is 3. The van der Waals surface area contributed by atoms with Gasteiger partial charge in [-0.1, -0.05) is 29.4 Å². The van der Waals surface area contributed by atoms with Gasteiger partial charge in [0.05, 0.1) is 0 Å². The monoisotopic (exact) mass is 173 g/mol. The first-order valence-electron chi connectivity index (χ1n) is 3.96. The zero-order valence-electron chi connectivity index (χ0n) is 7.27. The Morgan fingerprint density at radius 2 is 2.08 bits per heavy atom. The third kappa shape index (κ3) is 2.35. The van der Waals surface area contributed by atoms with Crippen molar-refractivity contribution in [3.05, 3.63) is 40.3 Å². The van der Waals surface area contributed by atoms with Gasteiger partial charge in [-0.3, -0.25) is 4.79 Å². The van der Waals surface area contributed by atoms with Crippen LogP contribution in [0.4, 0.5) is 5.69 Å². The van der Waals surface area contributed by atoms with E-state index in [-0.39, 0.29) is 5.78 Å². The van der Waals surface area contributed by atoms with E-state index < -0.39 is 0 Å². The molecule has 13 heavy (non-hydrogen) atoms. The maximum atomic E-state index is 11.2. The molecule has 5 heteroatoms. The normalized spacial score (nSPS) is 8.92. The minimum absolute atomic E-state index is 0.0903. The summed E-state index contributed by atoms with van der Waals surface area (Å²) in [6.07, 6.45) is 0.487. The lowest BCUT2D eigenvalue weighted by Crippen LogP contribution is -1.95. The third-order valence-electron chi connectivity index (χ3n) is 1.67. The van der Waals surface area contributed by atoms with Crippen LogP contribution in [0, 0.1) is 0 Å². The van der Waals surface area contributed by atoms with Gasteiger partial charge in [-0.05, 0) is 11.9 Å². The largest absolute Gasteiger partial charge is 0.295 e. The van der Waals surface area contributed by atoms with Gasteiger partial charge >= 0.3 is 0 Å². The zero-order chi connectivity index (χ0) is 9.68. The van der Waals surface area contributed by atoms with Crippen molar-refractivity contribution in [1.82, 2.24) is 0 Å². The quantitative estimate of drug-likeness (QED) is 0.226. The molecule has 0 aliphatic heterocycles. The van der Waals surface area contributed by atoms with Gasteiger partial charge in [-0.25, -0.2) is 0 Å². The molecule has 1 aromatic carbocycles. The topological polar surface area (TPSA) is 65.8 Å². The van der Waals surface area contributed by atoms with E-state index in [0.717, 1.165) is 0 Å². The van der Waals surface area contributed by atoms with Gasteiger partial charge in [0.25, 0.3) is 0 Å². The number of nitrogens with zero attached hydrogens (tertiary/aromatic N) is 3. The number of carbonyl (C=O) groups excluding carboxylic acids is 1. The Labute approximate surface area is 76.6 Å². The fraction of sp³-hybridized carbons (Fsp3) is 0.125. The number of ketones is 1. The van der Waals surface area contributed by atoms with Gasteiger partial charge in [-0.2, -0.15) is 0 Å². The Balaban J connectivity index is 2.93. The Morgan fingerprint density at radius 3 is 2.54 bits per heavy atom. The van der Waals surface area contributed by atoms with Gasteiger partial charge in [0.15, 0.2) is 5.78 Å². The molecule has 1 aromatic rings. The number of azide groups is 1. The second-order valence-electron chi connectivity index (χ2n) is 2.51. The maximum Gasteiger partial charge on any atom is 0.155 e. The van der Waals surface area contributed by atoms with Crippen molar-refractivity contribution >= 4 is 19.3 Å². The minimum Gasteiger partial charge on any atom is -0.295 e. The highest BCUT2D eigenvalue weighted by Gasteiger charge is 2.00.